The molecule has 0 saturated carbocycles. The zero-order valence-corrected chi connectivity index (χ0v) is 9.79. The standard InChI is InChI=1S/C13H15FN2O/c1-3-8-15-13(17)10-16(2)9-11-4-6-12(14)7-5-11/h1,4-7H,8-10H2,2H3,(H,15,17)/p+1. The van der Waals surface area contributed by atoms with E-state index in [1.54, 1.807) is 12.1 Å². The van der Waals surface area contributed by atoms with E-state index in [1.165, 1.54) is 12.1 Å². The monoisotopic (exact) mass is 235 g/mol. The van der Waals surface area contributed by atoms with Crippen LogP contribution in [0.25, 0.3) is 0 Å². The van der Waals surface area contributed by atoms with Crippen LogP contribution in [0, 0.1) is 18.2 Å². The van der Waals surface area contributed by atoms with Crippen LogP contribution in [0.3, 0.4) is 0 Å². The third-order valence-corrected chi connectivity index (χ3v) is 2.27. The van der Waals surface area contributed by atoms with Gasteiger partial charge in [0.05, 0.1) is 13.6 Å². The molecule has 0 aliphatic carbocycles. The molecular formula is C13H16FN2O+. The Morgan fingerprint density at radius 2 is 2.12 bits per heavy atom. The van der Waals surface area contributed by atoms with E-state index in [0.29, 0.717) is 13.1 Å². The van der Waals surface area contributed by atoms with Crippen molar-refractivity contribution < 1.29 is 14.1 Å². The lowest BCUT2D eigenvalue weighted by atomic mass is 10.2. The van der Waals surface area contributed by atoms with Crippen molar-refractivity contribution in [2.75, 3.05) is 20.1 Å². The zero-order valence-electron chi connectivity index (χ0n) is 9.79. The van der Waals surface area contributed by atoms with E-state index in [2.05, 4.69) is 11.2 Å². The molecule has 1 atom stereocenters. The van der Waals surface area contributed by atoms with Gasteiger partial charge in [-0.25, -0.2) is 4.39 Å². The Morgan fingerprint density at radius 1 is 1.47 bits per heavy atom. The Bertz CT molecular complexity index is 408. The first kappa shape index (κ1) is 13.2. The second-order valence-electron chi connectivity index (χ2n) is 3.92. The number of halogens is 1. The third kappa shape index (κ3) is 5.14. The van der Waals surface area contributed by atoms with E-state index in [0.717, 1.165) is 10.5 Å². The number of hydrogen-bond donors (Lipinski definition) is 2. The van der Waals surface area contributed by atoms with Crippen molar-refractivity contribution in [3.05, 3.63) is 35.6 Å². The van der Waals surface area contributed by atoms with Crippen molar-refractivity contribution in [3.8, 4) is 12.3 Å². The summed E-state index contributed by atoms with van der Waals surface area (Å²) < 4.78 is 12.7. The molecule has 0 spiro atoms. The van der Waals surface area contributed by atoms with Crippen LogP contribution < -0.4 is 10.2 Å². The number of terminal acetylenes is 1. The maximum absolute atomic E-state index is 12.7. The second kappa shape index (κ2) is 6.66. The van der Waals surface area contributed by atoms with E-state index in [1.807, 2.05) is 7.05 Å². The summed E-state index contributed by atoms with van der Waals surface area (Å²) in [5, 5.41) is 2.60. The fraction of sp³-hybridized carbons (Fsp3) is 0.308. The second-order valence-corrected chi connectivity index (χ2v) is 3.92. The van der Waals surface area contributed by atoms with E-state index < -0.39 is 0 Å². The van der Waals surface area contributed by atoms with Gasteiger partial charge in [0.15, 0.2) is 6.54 Å². The minimum Gasteiger partial charge on any atom is -0.340 e. The van der Waals surface area contributed by atoms with Gasteiger partial charge in [-0.2, -0.15) is 0 Å². The molecule has 0 saturated heterocycles. The van der Waals surface area contributed by atoms with Crippen LogP contribution in [0.2, 0.25) is 0 Å². The number of nitrogens with one attached hydrogen (secondary N) is 2. The van der Waals surface area contributed by atoms with E-state index >= 15 is 0 Å². The third-order valence-electron chi connectivity index (χ3n) is 2.27. The first-order valence-electron chi connectivity index (χ1n) is 5.37. The molecule has 0 fully saturated rings. The average molecular weight is 235 g/mol. The highest BCUT2D eigenvalue weighted by Crippen LogP contribution is 2.00. The van der Waals surface area contributed by atoms with Crippen LogP contribution in [0.1, 0.15) is 5.56 Å². The largest absolute Gasteiger partial charge is 0.340 e. The van der Waals surface area contributed by atoms with Gasteiger partial charge in [0.2, 0.25) is 0 Å². The van der Waals surface area contributed by atoms with Gasteiger partial charge in [-0.05, 0) is 12.1 Å². The molecule has 2 N–H and O–H groups in total. The van der Waals surface area contributed by atoms with Crippen LogP contribution in [0.15, 0.2) is 24.3 Å². The summed E-state index contributed by atoms with van der Waals surface area (Å²) >= 11 is 0. The number of hydrogen-bond acceptors (Lipinski definition) is 1. The highest BCUT2D eigenvalue weighted by molar-refractivity contribution is 5.77. The van der Waals surface area contributed by atoms with Gasteiger partial charge in [-0.3, -0.25) is 4.79 Å². The summed E-state index contributed by atoms with van der Waals surface area (Å²) in [5.74, 6) is 2.01. The Morgan fingerprint density at radius 3 is 2.71 bits per heavy atom. The van der Waals surface area contributed by atoms with Gasteiger partial charge in [0.1, 0.15) is 12.4 Å². The molecule has 1 rings (SSSR count). The Hall–Kier alpha value is -1.86. The van der Waals surface area contributed by atoms with Crippen molar-refractivity contribution >= 4 is 5.91 Å². The van der Waals surface area contributed by atoms with Crippen LogP contribution in [-0.2, 0) is 11.3 Å². The lowest BCUT2D eigenvalue weighted by Crippen LogP contribution is -3.08. The molecule has 1 amide bonds. The van der Waals surface area contributed by atoms with Gasteiger partial charge in [0.25, 0.3) is 5.91 Å². The van der Waals surface area contributed by atoms with Crippen molar-refractivity contribution in [2.24, 2.45) is 0 Å². The maximum atomic E-state index is 12.7. The predicted molar refractivity (Wildman–Crippen MR) is 63.7 cm³/mol. The summed E-state index contributed by atoms with van der Waals surface area (Å²) in [5.41, 5.74) is 0.994. The lowest BCUT2D eigenvalue weighted by molar-refractivity contribution is -0.885. The maximum Gasteiger partial charge on any atom is 0.275 e. The minimum absolute atomic E-state index is 0.0810. The van der Waals surface area contributed by atoms with E-state index in [-0.39, 0.29) is 18.3 Å². The molecule has 1 aromatic rings. The Kier molecular flexibility index (Phi) is 5.18. The summed E-state index contributed by atoms with van der Waals surface area (Å²) in [4.78, 5) is 12.4. The number of carbonyl (C=O) groups excluding carboxylic acids is 1. The molecule has 4 heteroatoms. The molecule has 1 unspecified atom stereocenters. The molecular weight excluding hydrogens is 219 g/mol. The zero-order chi connectivity index (χ0) is 12.7. The van der Waals surface area contributed by atoms with Crippen LogP contribution in [-0.4, -0.2) is 26.0 Å². The summed E-state index contributed by atoms with van der Waals surface area (Å²) in [6, 6.07) is 6.28. The molecule has 0 aliphatic rings. The summed E-state index contributed by atoms with van der Waals surface area (Å²) in [7, 11) is 1.90. The van der Waals surface area contributed by atoms with Crippen LogP contribution in [0.4, 0.5) is 4.39 Å². The number of likely N-dealkylation sites (N-methyl/N-ethyl adjacent to an activating group) is 1. The molecule has 3 nitrogen and oxygen atoms in total. The van der Waals surface area contributed by atoms with Crippen LogP contribution in [0.5, 0.6) is 0 Å². The molecule has 90 valence electrons. The fourth-order valence-corrected chi connectivity index (χ4v) is 1.50. The fourth-order valence-electron chi connectivity index (χ4n) is 1.50. The van der Waals surface area contributed by atoms with Crippen molar-refractivity contribution in [3.63, 3.8) is 0 Å². The molecule has 0 bridgehead atoms. The van der Waals surface area contributed by atoms with Gasteiger partial charge >= 0.3 is 0 Å². The number of quaternary nitrogens is 1. The molecule has 0 radical (unpaired) electrons. The van der Waals surface area contributed by atoms with E-state index in [9.17, 15) is 9.18 Å². The molecule has 1 aromatic carbocycles. The van der Waals surface area contributed by atoms with Gasteiger partial charge in [-0.15, -0.1) is 6.42 Å². The first-order chi connectivity index (χ1) is 8.11. The van der Waals surface area contributed by atoms with Crippen molar-refractivity contribution in [2.45, 2.75) is 6.54 Å². The minimum atomic E-state index is -0.252. The normalized spacial score (nSPS) is 11.6. The van der Waals surface area contributed by atoms with Gasteiger partial charge in [-0.1, -0.05) is 18.1 Å². The van der Waals surface area contributed by atoms with Crippen molar-refractivity contribution in [1.29, 1.82) is 0 Å². The number of carbonyl (C=O) groups is 1. The highest BCUT2D eigenvalue weighted by Gasteiger charge is 2.09. The number of rotatable bonds is 5. The first-order valence-corrected chi connectivity index (χ1v) is 5.37. The average Bonchev–Trinajstić information content (AvgIpc) is 2.29. The molecule has 0 heterocycles. The highest BCUT2D eigenvalue weighted by atomic mass is 19.1. The summed E-state index contributed by atoms with van der Waals surface area (Å²) in [6.07, 6.45) is 5.04. The predicted octanol–water partition coefficient (Wildman–Crippen LogP) is -0.410. The van der Waals surface area contributed by atoms with E-state index in [4.69, 9.17) is 6.42 Å². The van der Waals surface area contributed by atoms with Gasteiger partial charge in [0, 0.05) is 5.56 Å². The number of benzene rings is 1. The van der Waals surface area contributed by atoms with Gasteiger partial charge < -0.3 is 10.2 Å². The molecule has 0 aromatic heterocycles. The van der Waals surface area contributed by atoms with Crippen LogP contribution >= 0.6 is 0 Å². The van der Waals surface area contributed by atoms with Crippen molar-refractivity contribution in [1.82, 2.24) is 5.32 Å². The quantitative estimate of drug-likeness (QED) is 0.668. The SMILES string of the molecule is C#CCNC(=O)C[NH+](C)Cc1ccc(F)cc1. The topological polar surface area (TPSA) is 33.5 Å². The Labute approximate surface area is 101 Å². The molecule has 0 aliphatic heterocycles. The lowest BCUT2D eigenvalue weighted by Gasteiger charge is -2.13. The smallest absolute Gasteiger partial charge is 0.275 e. The summed E-state index contributed by atoms with van der Waals surface area (Å²) in [6.45, 7) is 1.27. The Balaban J connectivity index is 2.39. The molecule has 17 heavy (non-hydrogen) atoms. The number of amides is 1.